The number of nitrogens with one attached hydrogen (secondary N) is 2. The van der Waals surface area contributed by atoms with Gasteiger partial charge in [0.1, 0.15) is 0 Å². The molecule has 1 amide bonds. The molecule has 0 radical (unpaired) electrons. The summed E-state index contributed by atoms with van der Waals surface area (Å²) in [5.41, 5.74) is 1.44. The molecule has 19 heavy (non-hydrogen) atoms. The maximum atomic E-state index is 12.4. The van der Waals surface area contributed by atoms with E-state index in [1.807, 2.05) is 6.92 Å². The van der Waals surface area contributed by atoms with Gasteiger partial charge in [0.25, 0.3) is 5.91 Å². The number of hydrogen-bond donors (Lipinski definition) is 2. The number of rotatable bonds is 4. The molecule has 0 aromatic carbocycles. The molecule has 0 spiro atoms. The van der Waals surface area contributed by atoms with Crippen LogP contribution < -0.4 is 10.6 Å². The summed E-state index contributed by atoms with van der Waals surface area (Å²) >= 11 is 0. The van der Waals surface area contributed by atoms with Gasteiger partial charge in [-0.1, -0.05) is 19.3 Å². The van der Waals surface area contributed by atoms with Crippen molar-refractivity contribution in [3.05, 3.63) is 24.0 Å². The smallest absolute Gasteiger partial charge is 0.253 e. The Morgan fingerprint density at radius 2 is 2.11 bits per heavy atom. The van der Waals surface area contributed by atoms with Crippen molar-refractivity contribution >= 4 is 11.6 Å². The van der Waals surface area contributed by atoms with Gasteiger partial charge in [-0.3, -0.25) is 9.78 Å². The summed E-state index contributed by atoms with van der Waals surface area (Å²) in [5, 5.41) is 6.39. The van der Waals surface area contributed by atoms with E-state index >= 15 is 0 Å². The number of carbonyl (C=O) groups is 1. The van der Waals surface area contributed by atoms with Gasteiger partial charge in [-0.2, -0.15) is 0 Å². The Hall–Kier alpha value is -1.58. The average Bonchev–Trinajstić information content (AvgIpc) is 2.40. The lowest BCUT2D eigenvalue weighted by Crippen LogP contribution is -2.47. The predicted molar refractivity (Wildman–Crippen MR) is 77.4 cm³/mol. The van der Waals surface area contributed by atoms with E-state index in [1.165, 1.54) is 19.3 Å². The van der Waals surface area contributed by atoms with E-state index in [1.54, 1.807) is 18.5 Å². The van der Waals surface area contributed by atoms with Crippen molar-refractivity contribution in [1.82, 2.24) is 10.3 Å². The molecule has 1 heterocycles. The van der Waals surface area contributed by atoms with Gasteiger partial charge in [-0.25, -0.2) is 0 Å². The largest absolute Gasteiger partial charge is 0.383 e. The van der Waals surface area contributed by atoms with E-state index in [-0.39, 0.29) is 11.4 Å². The van der Waals surface area contributed by atoms with Crippen molar-refractivity contribution in [2.45, 2.75) is 51.5 Å². The molecule has 0 saturated heterocycles. The molecule has 2 N–H and O–H groups in total. The van der Waals surface area contributed by atoms with E-state index in [0.29, 0.717) is 5.56 Å². The summed E-state index contributed by atoms with van der Waals surface area (Å²) in [7, 11) is 0. The van der Waals surface area contributed by atoms with E-state index in [0.717, 1.165) is 25.1 Å². The first-order valence-corrected chi connectivity index (χ1v) is 7.15. The molecule has 0 unspecified atom stereocenters. The second-order valence-electron chi connectivity index (χ2n) is 5.53. The van der Waals surface area contributed by atoms with Gasteiger partial charge in [0.05, 0.1) is 17.4 Å². The van der Waals surface area contributed by atoms with E-state index in [9.17, 15) is 4.79 Å². The number of nitrogens with zero attached hydrogens (tertiary/aromatic N) is 1. The Morgan fingerprint density at radius 3 is 2.79 bits per heavy atom. The van der Waals surface area contributed by atoms with Gasteiger partial charge in [0, 0.05) is 18.3 Å². The fraction of sp³-hybridized carbons (Fsp3) is 0.600. The monoisotopic (exact) mass is 261 g/mol. The first-order chi connectivity index (χ1) is 9.14. The molecule has 0 aliphatic heterocycles. The highest BCUT2D eigenvalue weighted by Crippen LogP contribution is 2.28. The number of hydrogen-bond acceptors (Lipinski definition) is 3. The normalized spacial score (nSPS) is 17.8. The Bertz CT molecular complexity index is 439. The van der Waals surface area contributed by atoms with Crippen LogP contribution in [0.1, 0.15) is 56.3 Å². The molecule has 104 valence electrons. The average molecular weight is 261 g/mol. The molecule has 1 aromatic rings. The molecule has 1 aliphatic rings. The van der Waals surface area contributed by atoms with Crippen molar-refractivity contribution < 1.29 is 4.79 Å². The minimum Gasteiger partial charge on any atom is -0.383 e. The predicted octanol–water partition coefficient (Wildman–Crippen LogP) is 2.97. The number of amides is 1. The Labute approximate surface area is 115 Å². The van der Waals surface area contributed by atoms with Gasteiger partial charge in [-0.05, 0) is 32.8 Å². The first-order valence-electron chi connectivity index (χ1n) is 7.15. The number of carbonyl (C=O) groups excluding carboxylic acids is 1. The summed E-state index contributed by atoms with van der Waals surface area (Å²) < 4.78 is 0. The van der Waals surface area contributed by atoms with Crippen molar-refractivity contribution in [2.24, 2.45) is 0 Å². The van der Waals surface area contributed by atoms with Crippen LogP contribution in [0, 0.1) is 0 Å². The fourth-order valence-corrected chi connectivity index (χ4v) is 2.72. The lowest BCUT2D eigenvalue weighted by Gasteiger charge is -2.34. The zero-order chi connectivity index (χ0) is 13.7. The third-order valence-corrected chi connectivity index (χ3v) is 3.81. The van der Waals surface area contributed by atoms with Crippen LogP contribution in [-0.2, 0) is 0 Å². The van der Waals surface area contributed by atoms with E-state index in [4.69, 9.17) is 0 Å². The molecular weight excluding hydrogens is 238 g/mol. The lowest BCUT2D eigenvalue weighted by atomic mass is 9.83. The highest BCUT2D eigenvalue weighted by atomic mass is 16.1. The zero-order valence-electron chi connectivity index (χ0n) is 11.8. The second kappa shape index (κ2) is 6.04. The molecule has 2 rings (SSSR count). The molecule has 4 nitrogen and oxygen atoms in total. The second-order valence-corrected chi connectivity index (χ2v) is 5.53. The number of anilines is 1. The molecule has 0 atom stereocenters. The summed E-state index contributed by atoms with van der Waals surface area (Å²) in [6, 6.07) is 1.78. The molecular formula is C15H23N3O. The van der Waals surface area contributed by atoms with Gasteiger partial charge < -0.3 is 10.6 Å². The van der Waals surface area contributed by atoms with Crippen LogP contribution in [0.4, 0.5) is 5.69 Å². The van der Waals surface area contributed by atoms with Crippen LogP contribution in [-0.4, -0.2) is 23.0 Å². The van der Waals surface area contributed by atoms with Crippen molar-refractivity contribution in [3.63, 3.8) is 0 Å². The zero-order valence-corrected chi connectivity index (χ0v) is 11.8. The molecule has 0 bridgehead atoms. The van der Waals surface area contributed by atoms with Crippen molar-refractivity contribution in [3.8, 4) is 0 Å². The van der Waals surface area contributed by atoms with Gasteiger partial charge in [-0.15, -0.1) is 0 Å². The van der Waals surface area contributed by atoms with E-state index in [2.05, 4.69) is 22.5 Å². The number of aromatic nitrogens is 1. The summed E-state index contributed by atoms with van der Waals surface area (Å²) in [5.74, 6) is 0.00255. The standard InChI is InChI=1S/C15H23N3O/c1-3-17-13-11-16-10-7-12(13)14(19)18-15(2)8-5-4-6-9-15/h7,10-11,17H,3-6,8-9H2,1-2H3,(H,18,19). The van der Waals surface area contributed by atoms with E-state index < -0.39 is 0 Å². The van der Waals surface area contributed by atoms with Crippen LogP contribution in [0.2, 0.25) is 0 Å². The maximum Gasteiger partial charge on any atom is 0.253 e. The quantitative estimate of drug-likeness (QED) is 0.876. The third kappa shape index (κ3) is 3.46. The Balaban J connectivity index is 2.11. The first kappa shape index (κ1) is 13.8. The van der Waals surface area contributed by atoms with Crippen molar-refractivity contribution in [2.75, 3.05) is 11.9 Å². The van der Waals surface area contributed by atoms with Crippen LogP contribution in [0.3, 0.4) is 0 Å². The number of pyridine rings is 1. The molecule has 1 aromatic heterocycles. The third-order valence-electron chi connectivity index (χ3n) is 3.81. The summed E-state index contributed by atoms with van der Waals surface area (Å²) in [6.07, 6.45) is 9.20. The molecule has 1 fully saturated rings. The molecule has 1 aliphatic carbocycles. The SMILES string of the molecule is CCNc1cnccc1C(=O)NC1(C)CCCCC1. The minimum atomic E-state index is -0.0535. The fourth-order valence-electron chi connectivity index (χ4n) is 2.72. The highest BCUT2D eigenvalue weighted by molar-refractivity contribution is 5.99. The summed E-state index contributed by atoms with van der Waals surface area (Å²) in [6.45, 7) is 4.94. The van der Waals surface area contributed by atoms with Crippen LogP contribution >= 0.6 is 0 Å². The molecule has 4 heteroatoms. The highest BCUT2D eigenvalue weighted by Gasteiger charge is 2.29. The minimum absolute atomic E-state index is 0.00255. The van der Waals surface area contributed by atoms with Gasteiger partial charge in [0.2, 0.25) is 0 Å². The van der Waals surface area contributed by atoms with Crippen LogP contribution in [0.15, 0.2) is 18.5 Å². The maximum absolute atomic E-state index is 12.4. The lowest BCUT2D eigenvalue weighted by molar-refractivity contribution is 0.0883. The van der Waals surface area contributed by atoms with Crippen LogP contribution in [0.5, 0.6) is 0 Å². The van der Waals surface area contributed by atoms with Crippen LogP contribution in [0.25, 0.3) is 0 Å². The Kier molecular flexibility index (Phi) is 4.40. The topological polar surface area (TPSA) is 54.0 Å². The van der Waals surface area contributed by atoms with Gasteiger partial charge in [0.15, 0.2) is 0 Å². The molecule has 1 saturated carbocycles. The summed E-state index contributed by atoms with van der Waals surface area (Å²) in [4.78, 5) is 16.5. The van der Waals surface area contributed by atoms with Crippen molar-refractivity contribution in [1.29, 1.82) is 0 Å². The Morgan fingerprint density at radius 1 is 1.37 bits per heavy atom. The van der Waals surface area contributed by atoms with Gasteiger partial charge >= 0.3 is 0 Å².